The van der Waals surface area contributed by atoms with E-state index in [1.54, 1.807) is 11.5 Å². The van der Waals surface area contributed by atoms with Gasteiger partial charge in [0.25, 0.3) is 5.91 Å². The van der Waals surface area contributed by atoms with Crippen LogP contribution in [-0.4, -0.2) is 10.5 Å². The van der Waals surface area contributed by atoms with Crippen LogP contribution in [0.4, 0.5) is 13.2 Å². The van der Waals surface area contributed by atoms with E-state index in [0.717, 1.165) is 42.5 Å². The fourth-order valence-electron chi connectivity index (χ4n) is 4.14. The Morgan fingerprint density at radius 3 is 2.70 bits per heavy atom. The maximum absolute atomic E-state index is 13.2. The van der Waals surface area contributed by atoms with Gasteiger partial charge >= 0.3 is 6.18 Å². The number of halogens is 3. The summed E-state index contributed by atoms with van der Waals surface area (Å²) < 4.78 is 41.1. The predicted octanol–water partition coefficient (Wildman–Crippen LogP) is 4.85. The number of fused-ring (bicyclic) bond motifs is 2. The van der Waals surface area contributed by atoms with E-state index >= 15 is 0 Å². The number of hydrogen-bond donors (Lipinski definition) is 1. The van der Waals surface area contributed by atoms with Crippen LogP contribution in [0.2, 0.25) is 0 Å². The Kier molecular flexibility index (Phi) is 5.13. The van der Waals surface area contributed by atoms with Crippen molar-refractivity contribution in [3.63, 3.8) is 0 Å². The second kappa shape index (κ2) is 7.63. The smallest absolute Gasteiger partial charge is 0.347 e. The molecular weight excluding hydrogens is 393 g/mol. The molecule has 1 aromatic heterocycles. The van der Waals surface area contributed by atoms with E-state index in [-0.39, 0.29) is 17.0 Å². The first-order chi connectivity index (χ1) is 14.3. The molecule has 0 spiro atoms. The fraction of sp³-hybridized carbons (Fsp3) is 0.304. The zero-order valence-electron chi connectivity index (χ0n) is 16.4. The number of nitrogens with one attached hydrogen (secondary N) is 1. The number of alkyl halides is 3. The summed E-state index contributed by atoms with van der Waals surface area (Å²) in [6.07, 6.45) is -0.546. The van der Waals surface area contributed by atoms with E-state index < -0.39 is 23.1 Å². The molecule has 0 bridgehead atoms. The molecule has 156 valence electrons. The van der Waals surface area contributed by atoms with Crippen LogP contribution in [0.3, 0.4) is 0 Å². The van der Waals surface area contributed by atoms with Crippen LogP contribution in [0.1, 0.15) is 52.9 Å². The number of rotatable bonds is 3. The molecule has 4 nitrogen and oxygen atoms in total. The number of aryl methyl sites for hydroxylation is 2. The van der Waals surface area contributed by atoms with Gasteiger partial charge in [-0.15, -0.1) is 0 Å². The van der Waals surface area contributed by atoms with Gasteiger partial charge in [-0.1, -0.05) is 24.3 Å². The molecule has 1 N–H and O–H groups in total. The lowest BCUT2D eigenvalue weighted by Gasteiger charge is -2.26. The van der Waals surface area contributed by atoms with Gasteiger partial charge in [0.1, 0.15) is 5.56 Å². The van der Waals surface area contributed by atoms with Crippen molar-refractivity contribution < 1.29 is 18.0 Å². The van der Waals surface area contributed by atoms with Gasteiger partial charge in [-0.25, -0.2) is 0 Å². The van der Waals surface area contributed by atoms with Crippen molar-refractivity contribution in [3.8, 4) is 0 Å². The molecule has 30 heavy (non-hydrogen) atoms. The summed E-state index contributed by atoms with van der Waals surface area (Å²) in [6, 6.07) is 10.7. The molecule has 1 amide bonds. The largest absolute Gasteiger partial charge is 0.416 e. The van der Waals surface area contributed by atoms with Crippen molar-refractivity contribution in [2.24, 2.45) is 0 Å². The van der Waals surface area contributed by atoms with Gasteiger partial charge in [0.2, 0.25) is 5.43 Å². The maximum atomic E-state index is 13.2. The Labute approximate surface area is 171 Å². The van der Waals surface area contributed by atoms with Gasteiger partial charge in [-0.05, 0) is 55.5 Å². The highest BCUT2D eigenvalue weighted by Crippen LogP contribution is 2.31. The van der Waals surface area contributed by atoms with Crippen molar-refractivity contribution in [1.82, 2.24) is 9.88 Å². The molecule has 1 heterocycles. The minimum absolute atomic E-state index is 0.108. The highest BCUT2D eigenvalue weighted by Gasteiger charge is 2.31. The van der Waals surface area contributed by atoms with Crippen molar-refractivity contribution in [2.75, 3.05) is 0 Å². The van der Waals surface area contributed by atoms with Crippen LogP contribution in [0, 0.1) is 0 Å². The molecule has 0 aliphatic heterocycles. The van der Waals surface area contributed by atoms with Crippen molar-refractivity contribution in [2.45, 2.75) is 44.9 Å². The van der Waals surface area contributed by atoms with Crippen LogP contribution in [0.15, 0.2) is 53.5 Å². The lowest BCUT2D eigenvalue weighted by molar-refractivity contribution is -0.137. The van der Waals surface area contributed by atoms with Crippen LogP contribution >= 0.6 is 0 Å². The lowest BCUT2D eigenvalue weighted by atomic mass is 9.87. The Morgan fingerprint density at radius 1 is 1.20 bits per heavy atom. The van der Waals surface area contributed by atoms with Crippen molar-refractivity contribution >= 4 is 16.8 Å². The molecule has 4 rings (SSSR count). The van der Waals surface area contributed by atoms with Gasteiger partial charge in [0, 0.05) is 18.1 Å². The Hall–Kier alpha value is -3.09. The molecule has 0 saturated heterocycles. The molecule has 0 radical (unpaired) electrons. The molecule has 1 unspecified atom stereocenters. The summed E-state index contributed by atoms with van der Waals surface area (Å²) in [5.41, 5.74) is 0.805. The second-order valence-corrected chi connectivity index (χ2v) is 7.50. The number of nitrogens with zero attached hydrogens (tertiary/aromatic N) is 1. The molecule has 1 aliphatic rings. The van der Waals surface area contributed by atoms with E-state index in [2.05, 4.69) is 5.32 Å². The highest BCUT2D eigenvalue weighted by molar-refractivity contribution is 5.97. The number of hydrogen-bond acceptors (Lipinski definition) is 2. The maximum Gasteiger partial charge on any atom is 0.416 e. The summed E-state index contributed by atoms with van der Waals surface area (Å²) in [7, 11) is 0. The standard InChI is InChI=1S/C23H21F3N2O2/c1-2-28-13-18(21(29)17-12-15(23(24,25)26)10-11-20(17)28)22(30)27-19-9-5-7-14-6-3-4-8-16(14)19/h3-4,6,8,10-13,19H,2,5,7,9H2,1H3,(H,27,30). The predicted molar refractivity (Wildman–Crippen MR) is 108 cm³/mol. The third kappa shape index (κ3) is 3.60. The molecule has 3 aromatic rings. The summed E-state index contributed by atoms with van der Waals surface area (Å²) in [5.74, 6) is -0.566. The van der Waals surface area contributed by atoms with E-state index in [9.17, 15) is 22.8 Å². The van der Waals surface area contributed by atoms with Gasteiger partial charge in [-0.2, -0.15) is 13.2 Å². The minimum Gasteiger partial charge on any atom is -0.347 e. The van der Waals surface area contributed by atoms with Crippen molar-refractivity contribution in [1.29, 1.82) is 0 Å². The Balaban J connectivity index is 1.76. The summed E-state index contributed by atoms with van der Waals surface area (Å²) >= 11 is 0. The third-order valence-electron chi connectivity index (χ3n) is 5.67. The number of benzene rings is 2. The summed E-state index contributed by atoms with van der Waals surface area (Å²) in [6.45, 7) is 2.22. The monoisotopic (exact) mass is 414 g/mol. The van der Waals surface area contributed by atoms with E-state index in [4.69, 9.17) is 0 Å². The normalized spacial score (nSPS) is 16.3. The quantitative estimate of drug-likeness (QED) is 0.666. The zero-order chi connectivity index (χ0) is 21.5. The average molecular weight is 414 g/mol. The molecule has 7 heteroatoms. The molecule has 2 aromatic carbocycles. The van der Waals surface area contributed by atoms with Gasteiger partial charge in [0.05, 0.1) is 17.1 Å². The number of pyridine rings is 1. The molecule has 1 atom stereocenters. The number of amides is 1. The van der Waals surface area contributed by atoms with Crippen LogP contribution in [-0.2, 0) is 19.1 Å². The van der Waals surface area contributed by atoms with Gasteiger partial charge < -0.3 is 9.88 Å². The first kappa shape index (κ1) is 20.2. The highest BCUT2D eigenvalue weighted by atomic mass is 19.4. The van der Waals surface area contributed by atoms with Gasteiger partial charge in [0.15, 0.2) is 0 Å². The molecule has 0 fully saturated rings. The minimum atomic E-state index is -4.57. The van der Waals surface area contributed by atoms with E-state index in [1.807, 2.05) is 24.3 Å². The van der Waals surface area contributed by atoms with Gasteiger partial charge in [-0.3, -0.25) is 9.59 Å². The fourth-order valence-corrected chi connectivity index (χ4v) is 4.14. The molecule has 1 aliphatic carbocycles. The zero-order valence-corrected chi connectivity index (χ0v) is 16.4. The van der Waals surface area contributed by atoms with Crippen LogP contribution < -0.4 is 10.7 Å². The molecular formula is C23H21F3N2O2. The number of carbonyl (C=O) groups is 1. The summed E-state index contributed by atoms with van der Waals surface area (Å²) in [4.78, 5) is 26.0. The van der Waals surface area contributed by atoms with Crippen LogP contribution in [0.5, 0.6) is 0 Å². The first-order valence-electron chi connectivity index (χ1n) is 9.92. The number of aromatic nitrogens is 1. The molecule has 0 saturated carbocycles. The lowest BCUT2D eigenvalue weighted by Crippen LogP contribution is -2.34. The van der Waals surface area contributed by atoms with E-state index in [0.29, 0.717) is 12.1 Å². The van der Waals surface area contributed by atoms with Crippen molar-refractivity contribution in [3.05, 3.63) is 81.1 Å². The Morgan fingerprint density at radius 2 is 1.97 bits per heavy atom. The Bertz CT molecular complexity index is 1180. The third-order valence-corrected chi connectivity index (χ3v) is 5.67. The second-order valence-electron chi connectivity index (χ2n) is 7.50. The SMILES string of the molecule is CCn1cc(C(=O)NC2CCCc3ccccc32)c(=O)c2cc(C(F)(F)F)ccc21. The first-order valence-corrected chi connectivity index (χ1v) is 9.92. The number of carbonyl (C=O) groups excluding carboxylic acids is 1. The average Bonchev–Trinajstić information content (AvgIpc) is 2.73. The van der Waals surface area contributed by atoms with Crippen LogP contribution in [0.25, 0.3) is 10.9 Å². The summed E-state index contributed by atoms with van der Waals surface area (Å²) in [5, 5.41) is 2.81. The van der Waals surface area contributed by atoms with E-state index in [1.165, 1.54) is 12.3 Å². The topological polar surface area (TPSA) is 51.1 Å².